The molecule has 5 nitrogen and oxygen atoms in total. The molecule has 0 bridgehead atoms. The van der Waals surface area contributed by atoms with Gasteiger partial charge in [-0.25, -0.2) is 0 Å². The summed E-state index contributed by atoms with van der Waals surface area (Å²) in [7, 11) is 0. The fourth-order valence-corrected chi connectivity index (χ4v) is 2.48. The maximum absolute atomic E-state index is 11.8. The molecule has 1 heterocycles. The van der Waals surface area contributed by atoms with Gasteiger partial charge in [-0.2, -0.15) is 0 Å². The van der Waals surface area contributed by atoms with E-state index in [1.54, 1.807) is 32.0 Å². The summed E-state index contributed by atoms with van der Waals surface area (Å²) < 4.78 is 5.42. The summed E-state index contributed by atoms with van der Waals surface area (Å²) in [6.07, 6.45) is 0. The van der Waals surface area contributed by atoms with Gasteiger partial charge in [-0.15, -0.1) is 11.3 Å². The monoisotopic (exact) mass is 291 g/mol. The number of benzene rings is 1. The predicted molar refractivity (Wildman–Crippen MR) is 76.7 cm³/mol. The summed E-state index contributed by atoms with van der Waals surface area (Å²) >= 11 is 1.34. The van der Waals surface area contributed by atoms with Crippen molar-refractivity contribution in [1.29, 1.82) is 0 Å². The first-order chi connectivity index (χ1) is 9.49. The van der Waals surface area contributed by atoms with Crippen molar-refractivity contribution in [2.45, 2.75) is 13.8 Å². The number of thiophene rings is 1. The highest BCUT2D eigenvalue weighted by Gasteiger charge is 2.15. The number of rotatable bonds is 5. The van der Waals surface area contributed by atoms with Crippen LogP contribution in [0.1, 0.15) is 20.8 Å². The number of Topliss-reactive ketones (excluding diaryl/α,β-unsaturated/α-hetero) is 1. The molecule has 0 aliphatic carbocycles. The largest absolute Gasteiger partial charge is 0.485 e. The van der Waals surface area contributed by atoms with Crippen molar-refractivity contribution < 1.29 is 14.5 Å². The Morgan fingerprint density at radius 2 is 2.10 bits per heavy atom. The summed E-state index contributed by atoms with van der Waals surface area (Å²) in [4.78, 5) is 22.9. The molecule has 1 aromatic carbocycles. The molecular formula is C14H13NO4S. The van der Waals surface area contributed by atoms with E-state index in [0.29, 0.717) is 16.2 Å². The predicted octanol–water partition coefficient (Wildman–Crippen LogP) is 3.53. The van der Waals surface area contributed by atoms with E-state index in [0.717, 1.165) is 5.56 Å². The molecule has 0 aliphatic rings. The average molecular weight is 291 g/mol. The minimum absolute atomic E-state index is 0.00540. The molecule has 2 rings (SSSR count). The zero-order valence-electron chi connectivity index (χ0n) is 11.1. The topological polar surface area (TPSA) is 69.4 Å². The second-order valence-corrected chi connectivity index (χ2v) is 5.30. The number of carbonyl (C=O) groups excluding carboxylic acids is 1. The van der Waals surface area contributed by atoms with Gasteiger partial charge >= 0.3 is 0 Å². The quantitative estimate of drug-likeness (QED) is 0.480. The number of carbonyl (C=O) groups is 1. The summed E-state index contributed by atoms with van der Waals surface area (Å²) in [5.74, 6) is 0.231. The fraction of sp³-hybridized carbons (Fsp3) is 0.214. The van der Waals surface area contributed by atoms with Gasteiger partial charge in [0.15, 0.2) is 6.61 Å². The highest BCUT2D eigenvalue weighted by Crippen LogP contribution is 2.28. The van der Waals surface area contributed by atoms with Crippen molar-refractivity contribution in [2.75, 3.05) is 6.61 Å². The summed E-state index contributed by atoms with van der Waals surface area (Å²) in [5, 5.41) is 12.7. The highest BCUT2D eigenvalue weighted by molar-refractivity contribution is 7.12. The molecule has 0 saturated carbocycles. The van der Waals surface area contributed by atoms with Crippen LogP contribution in [0.25, 0.3) is 0 Å². The number of hydrogen-bond acceptors (Lipinski definition) is 5. The van der Waals surface area contributed by atoms with Gasteiger partial charge in [-0.1, -0.05) is 6.07 Å². The number of aryl methyl sites for hydroxylation is 2. The number of hydrogen-bond donors (Lipinski definition) is 0. The second kappa shape index (κ2) is 5.83. The molecule has 6 heteroatoms. The Labute approximate surface area is 120 Å². The van der Waals surface area contributed by atoms with E-state index >= 15 is 0 Å². The summed E-state index contributed by atoms with van der Waals surface area (Å²) in [5.41, 5.74) is 1.34. The van der Waals surface area contributed by atoms with Crippen LogP contribution in [-0.4, -0.2) is 17.3 Å². The van der Waals surface area contributed by atoms with E-state index in [1.807, 2.05) is 5.38 Å². The lowest BCUT2D eigenvalue weighted by molar-refractivity contribution is -0.385. The van der Waals surface area contributed by atoms with E-state index < -0.39 is 4.92 Å². The third-order valence-corrected chi connectivity index (χ3v) is 3.76. The Morgan fingerprint density at radius 3 is 2.70 bits per heavy atom. The molecule has 0 fully saturated rings. The lowest BCUT2D eigenvalue weighted by Gasteiger charge is -2.09. The molecular weight excluding hydrogens is 278 g/mol. The fourth-order valence-electron chi connectivity index (χ4n) is 1.83. The Balaban J connectivity index is 2.15. The minimum Gasteiger partial charge on any atom is -0.485 e. The van der Waals surface area contributed by atoms with Gasteiger partial charge in [0.1, 0.15) is 5.75 Å². The smallest absolute Gasteiger partial charge is 0.276 e. The number of nitrogens with zero attached hydrogens (tertiary/aromatic N) is 1. The molecule has 0 spiro atoms. The van der Waals surface area contributed by atoms with Crippen molar-refractivity contribution in [3.05, 3.63) is 55.8 Å². The van der Waals surface area contributed by atoms with Crippen LogP contribution in [0, 0.1) is 24.0 Å². The van der Waals surface area contributed by atoms with Gasteiger partial charge < -0.3 is 4.74 Å². The third kappa shape index (κ3) is 3.03. The lowest BCUT2D eigenvalue weighted by atomic mass is 10.1. The average Bonchev–Trinajstić information content (AvgIpc) is 2.90. The first kappa shape index (κ1) is 14.2. The van der Waals surface area contributed by atoms with Crippen LogP contribution >= 0.6 is 11.3 Å². The number of nitro groups is 1. The molecule has 0 N–H and O–H groups in total. The van der Waals surface area contributed by atoms with Gasteiger partial charge in [-0.05, 0) is 36.9 Å². The molecule has 1 aromatic heterocycles. The van der Waals surface area contributed by atoms with Crippen LogP contribution in [0.4, 0.5) is 5.69 Å². The van der Waals surface area contributed by atoms with E-state index in [2.05, 4.69) is 0 Å². The molecule has 104 valence electrons. The zero-order chi connectivity index (χ0) is 14.7. The zero-order valence-corrected chi connectivity index (χ0v) is 11.9. The van der Waals surface area contributed by atoms with Crippen molar-refractivity contribution in [2.24, 2.45) is 0 Å². The highest BCUT2D eigenvalue weighted by atomic mass is 32.1. The van der Waals surface area contributed by atoms with Crippen LogP contribution in [0.5, 0.6) is 5.75 Å². The van der Waals surface area contributed by atoms with Gasteiger partial charge in [-0.3, -0.25) is 14.9 Å². The van der Waals surface area contributed by atoms with Crippen molar-refractivity contribution in [3.8, 4) is 5.75 Å². The van der Waals surface area contributed by atoms with Crippen molar-refractivity contribution >= 4 is 22.8 Å². The summed E-state index contributed by atoms with van der Waals surface area (Å²) in [6.45, 7) is 3.34. The normalized spacial score (nSPS) is 10.3. The van der Waals surface area contributed by atoms with Crippen molar-refractivity contribution in [1.82, 2.24) is 0 Å². The van der Waals surface area contributed by atoms with Crippen LogP contribution in [0.3, 0.4) is 0 Å². The number of ketones is 1. The van der Waals surface area contributed by atoms with Crippen LogP contribution in [-0.2, 0) is 0 Å². The van der Waals surface area contributed by atoms with Crippen LogP contribution in [0.2, 0.25) is 0 Å². The van der Waals surface area contributed by atoms with Gasteiger partial charge in [0.25, 0.3) is 5.69 Å². The second-order valence-electron chi connectivity index (χ2n) is 4.35. The first-order valence-electron chi connectivity index (χ1n) is 5.94. The molecule has 2 aromatic rings. The molecule has 0 saturated heterocycles. The molecule has 20 heavy (non-hydrogen) atoms. The number of nitro benzene ring substituents is 1. The maximum Gasteiger partial charge on any atom is 0.276 e. The van der Waals surface area contributed by atoms with Crippen LogP contribution < -0.4 is 4.74 Å². The molecule has 0 amide bonds. The Bertz CT molecular complexity index is 649. The first-order valence-corrected chi connectivity index (χ1v) is 6.82. The number of ether oxygens (including phenoxy) is 1. The standard InChI is InChI=1S/C14H13NO4S/c1-9-6-10(2)13(7-11(9)15(17)18)19-8-12(16)14-4-3-5-20-14/h3-7H,8H2,1-2H3. The lowest BCUT2D eigenvalue weighted by Crippen LogP contribution is -2.11. The van der Waals surface area contributed by atoms with Crippen molar-refractivity contribution in [3.63, 3.8) is 0 Å². The Kier molecular flexibility index (Phi) is 4.14. The molecule has 0 aliphatic heterocycles. The van der Waals surface area contributed by atoms with Crippen LogP contribution in [0.15, 0.2) is 29.6 Å². The van der Waals surface area contributed by atoms with Gasteiger partial charge in [0.2, 0.25) is 5.78 Å². The van der Waals surface area contributed by atoms with E-state index in [4.69, 9.17) is 4.74 Å². The molecule has 0 atom stereocenters. The SMILES string of the molecule is Cc1cc(C)c([N+](=O)[O-])cc1OCC(=O)c1cccs1. The maximum atomic E-state index is 11.8. The van der Waals surface area contributed by atoms with E-state index in [9.17, 15) is 14.9 Å². The van der Waals surface area contributed by atoms with E-state index in [1.165, 1.54) is 17.4 Å². The van der Waals surface area contributed by atoms with Gasteiger partial charge in [0, 0.05) is 5.56 Å². The van der Waals surface area contributed by atoms with E-state index in [-0.39, 0.29) is 18.1 Å². The van der Waals surface area contributed by atoms with Gasteiger partial charge in [0.05, 0.1) is 15.9 Å². The summed E-state index contributed by atoms with van der Waals surface area (Å²) in [6, 6.07) is 6.57. The minimum atomic E-state index is -0.456. The Morgan fingerprint density at radius 1 is 1.35 bits per heavy atom. The molecule has 0 radical (unpaired) electrons. The third-order valence-electron chi connectivity index (χ3n) is 2.84. The Hall–Kier alpha value is -2.21. The molecule has 0 unspecified atom stereocenters.